The van der Waals surface area contributed by atoms with Crippen molar-refractivity contribution in [2.45, 2.75) is 45.3 Å². The molecule has 1 aliphatic rings. The van der Waals surface area contributed by atoms with Gasteiger partial charge in [-0.15, -0.1) is 0 Å². The number of halogens is 1. The SMILES string of the molecule is CC(C)NC1CCCN(Cc2cccc(Br)c2)C1. The molecule has 0 amide bonds. The number of piperidine rings is 1. The molecule has 2 nitrogen and oxygen atoms in total. The summed E-state index contributed by atoms with van der Waals surface area (Å²) in [5.41, 5.74) is 1.40. The van der Waals surface area contributed by atoms with Gasteiger partial charge in [-0.25, -0.2) is 0 Å². The number of likely N-dealkylation sites (tertiary alicyclic amines) is 1. The summed E-state index contributed by atoms with van der Waals surface area (Å²) in [7, 11) is 0. The lowest BCUT2D eigenvalue weighted by atomic mass is 10.0. The Morgan fingerprint density at radius 1 is 1.44 bits per heavy atom. The van der Waals surface area contributed by atoms with Crippen molar-refractivity contribution in [3.05, 3.63) is 34.3 Å². The maximum absolute atomic E-state index is 3.66. The van der Waals surface area contributed by atoms with Crippen LogP contribution < -0.4 is 5.32 Å². The number of hydrogen-bond acceptors (Lipinski definition) is 2. The lowest BCUT2D eigenvalue weighted by molar-refractivity contribution is 0.178. The van der Waals surface area contributed by atoms with Gasteiger partial charge in [-0.3, -0.25) is 4.90 Å². The van der Waals surface area contributed by atoms with E-state index in [1.807, 2.05) is 0 Å². The van der Waals surface area contributed by atoms with Gasteiger partial charge in [0.15, 0.2) is 0 Å². The second-order valence-corrected chi connectivity index (χ2v) is 6.44. The van der Waals surface area contributed by atoms with Gasteiger partial charge in [-0.2, -0.15) is 0 Å². The molecule has 100 valence electrons. The van der Waals surface area contributed by atoms with E-state index in [9.17, 15) is 0 Å². The first kappa shape index (κ1) is 14.0. The van der Waals surface area contributed by atoms with Crippen LogP contribution in [0.3, 0.4) is 0 Å². The molecule has 18 heavy (non-hydrogen) atoms. The topological polar surface area (TPSA) is 15.3 Å². The summed E-state index contributed by atoms with van der Waals surface area (Å²) in [5.74, 6) is 0. The summed E-state index contributed by atoms with van der Waals surface area (Å²) >= 11 is 3.54. The van der Waals surface area contributed by atoms with Gasteiger partial charge in [-0.1, -0.05) is 41.9 Å². The van der Waals surface area contributed by atoms with Gasteiger partial charge in [0.05, 0.1) is 0 Å². The quantitative estimate of drug-likeness (QED) is 0.917. The smallest absolute Gasteiger partial charge is 0.0234 e. The molecule has 1 heterocycles. The van der Waals surface area contributed by atoms with Crippen LogP contribution in [0.5, 0.6) is 0 Å². The molecule has 2 rings (SSSR count). The predicted molar refractivity (Wildman–Crippen MR) is 80.7 cm³/mol. The van der Waals surface area contributed by atoms with E-state index < -0.39 is 0 Å². The molecule has 0 spiro atoms. The first-order valence-corrected chi connectivity index (χ1v) is 7.65. The van der Waals surface area contributed by atoms with Gasteiger partial charge in [0.1, 0.15) is 0 Å². The van der Waals surface area contributed by atoms with E-state index >= 15 is 0 Å². The van der Waals surface area contributed by atoms with E-state index in [0.29, 0.717) is 12.1 Å². The highest BCUT2D eigenvalue weighted by atomic mass is 79.9. The lowest BCUT2D eigenvalue weighted by Gasteiger charge is -2.34. The molecule has 1 N–H and O–H groups in total. The summed E-state index contributed by atoms with van der Waals surface area (Å²) < 4.78 is 1.17. The Kier molecular flexibility index (Phi) is 5.22. The van der Waals surface area contributed by atoms with Crippen LogP contribution in [-0.4, -0.2) is 30.1 Å². The molecule has 1 aromatic carbocycles. The van der Waals surface area contributed by atoms with Crippen LogP contribution in [0.1, 0.15) is 32.3 Å². The molecule has 1 unspecified atom stereocenters. The molecule has 0 aliphatic carbocycles. The fraction of sp³-hybridized carbons (Fsp3) is 0.600. The average molecular weight is 311 g/mol. The Hall–Kier alpha value is -0.380. The summed E-state index contributed by atoms with van der Waals surface area (Å²) in [4.78, 5) is 2.56. The number of rotatable bonds is 4. The molecule has 1 saturated heterocycles. The number of hydrogen-bond donors (Lipinski definition) is 1. The lowest BCUT2D eigenvalue weighted by Crippen LogP contribution is -2.47. The second-order valence-electron chi connectivity index (χ2n) is 5.53. The van der Waals surface area contributed by atoms with Crippen LogP contribution in [0, 0.1) is 0 Å². The van der Waals surface area contributed by atoms with Crippen LogP contribution in [0.4, 0.5) is 0 Å². The maximum Gasteiger partial charge on any atom is 0.0234 e. The van der Waals surface area contributed by atoms with Crippen molar-refractivity contribution in [1.29, 1.82) is 0 Å². The standard InChI is InChI=1S/C15H23BrN2/c1-12(2)17-15-7-4-8-18(11-15)10-13-5-3-6-14(16)9-13/h3,5-6,9,12,15,17H,4,7-8,10-11H2,1-2H3. The van der Waals surface area contributed by atoms with E-state index in [0.717, 1.165) is 6.54 Å². The molecule has 1 fully saturated rings. The largest absolute Gasteiger partial charge is 0.311 e. The van der Waals surface area contributed by atoms with Crippen molar-refractivity contribution in [2.75, 3.05) is 13.1 Å². The fourth-order valence-electron chi connectivity index (χ4n) is 2.70. The van der Waals surface area contributed by atoms with Gasteiger partial charge in [0.25, 0.3) is 0 Å². The van der Waals surface area contributed by atoms with Crippen molar-refractivity contribution in [2.24, 2.45) is 0 Å². The highest BCUT2D eigenvalue weighted by molar-refractivity contribution is 9.10. The molecule has 1 aromatic rings. The summed E-state index contributed by atoms with van der Waals surface area (Å²) in [6.45, 7) is 7.92. The minimum absolute atomic E-state index is 0.584. The Morgan fingerprint density at radius 3 is 3.00 bits per heavy atom. The maximum atomic E-state index is 3.66. The van der Waals surface area contributed by atoms with E-state index in [4.69, 9.17) is 0 Å². The van der Waals surface area contributed by atoms with Crippen molar-refractivity contribution in [1.82, 2.24) is 10.2 Å². The van der Waals surface area contributed by atoms with E-state index in [1.165, 1.54) is 36.0 Å². The van der Waals surface area contributed by atoms with Crippen molar-refractivity contribution in [3.63, 3.8) is 0 Å². The highest BCUT2D eigenvalue weighted by Gasteiger charge is 2.20. The third-order valence-corrected chi connectivity index (χ3v) is 3.86. The third-order valence-electron chi connectivity index (χ3n) is 3.37. The van der Waals surface area contributed by atoms with Crippen molar-refractivity contribution < 1.29 is 0 Å². The molecule has 1 atom stereocenters. The number of nitrogens with zero attached hydrogens (tertiary/aromatic N) is 1. The highest BCUT2D eigenvalue weighted by Crippen LogP contribution is 2.17. The van der Waals surface area contributed by atoms with Gasteiger partial charge in [0.2, 0.25) is 0 Å². The summed E-state index contributed by atoms with van der Waals surface area (Å²) in [6.07, 6.45) is 2.62. The zero-order valence-corrected chi connectivity index (χ0v) is 12.9. The Morgan fingerprint density at radius 2 is 2.28 bits per heavy atom. The summed E-state index contributed by atoms with van der Waals surface area (Å²) in [5, 5.41) is 3.66. The van der Waals surface area contributed by atoms with Crippen LogP contribution in [0.25, 0.3) is 0 Å². The fourth-order valence-corrected chi connectivity index (χ4v) is 3.15. The zero-order valence-electron chi connectivity index (χ0n) is 11.3. The molecular formula is C15H23BrN2. The van der Waals surface area contributed by atoms with Gasteiger partial charge in [0, 0.05) is 29.6 Å². The minimum Gasteiger partial charge on any atom is -0.311 e. The third kappa shape index (κ3) is 4.38. The predicted octanol–water partition coefficient (Wildman–Crippen LogP) is 3.41. The number of benzene rings is 1. The van der Waals surface area contributed by atoms with Crippen LogP contribution in [-0.2, 0) is 6.54 Å². The molecular weight excluding hydrogens is 288 g/mol. The Labute approximate surface area is 119 Å². The molecule has 3 heteroatoms. The normalized spacial score (nSPS) is 21.4. The van der Waals surface area contributed by atoms with E-state index in [2.05, 4.69) is 64.3 Å². The molecule has 1 aliphatic heterocycles. The van der Waals surface area contributed by atoms with Crippen LogP contribution in [0.2, 0.25) is 0 Å². The zero-order chi connectivity index (χ0) is 13.0. The second kappa shape index (κ2) is 6.69. The minimum atomic E-state index is 0.584. The molecule has 0 bridgehead atoms. The van der Waals surface area contributed by atoms with Gasteiger partial charge >= 0.3 is 0 Å². The Balaban J connectivity index is 1.89. The van der Waals surface area contributed by atoms with Gasteiger partial charge in [-0.05, 0) is 37.1 Å². The molecule has 0 aromatic heterocycles. The van der Waals surface area contributed by atoms with E-state index in [1.54, 1.807) is 0 Å². The summed E-state index contributed by atoms with van der Waals surface area (Å²) in [6, 6.07) is 9.88. The first-order chi connectivity index (χ1) is 8.63. The van der Waals surface area contributed by atoms with Crippen LogP contribution >= 0.6 is 15.9 Å². The first-order valence-electron chi connectivity index (χ1n) is 6.86. The van der Waals surface area contributed by atoms with Crippen LogP contribution in [0.15, 0.2) is 28.7 Å². The van der Waals surface area contributed by atoms with E-state index in [-0.39, 0.29) is 0 Å². The number of nitrogens with one attached hydrogen (secondary N) is 1. The van der Waals surface area contributed by atoms with Crippen molar-refractivity contribution >= 4 is 15.9 Å². The average Bonchev–Trinajstić information content (AvgIpc) is 2.28. The van der Waals surface area contributed by atoms with Crippen molar-refractivity contribution in [3.8, 4) is 0 Å². The molecule has 0 radical (unpaired) electrons. The Bertz CT molecular complexity index is 379. The monoisotopic (exact) mass is 310 g/mol. The molecule has 0 saturated carbocycles. The van der Waals surface area contributed by atoms with Gasteiger partial charge < -0.3 is 5.32 Å².